The monoisotopic (exact) mass is 316 g/mol. The molecule has 1 aliphatic heterocycles. The first-order valence-corrected chi connectivity index (χ1v) is 7.58. The van der Waals surface area contributed by atoms with Crippen molar-refractivity contribution in [1.29, 1.82) is 0 Å². The topological polar surface area (TPSA) is 102 Å². The fourth-order valence-electron chi connectivity index (χ4n) is 2.85. The molecule has 1 unspecified atom stereocenters. The second-order valence-electron chi connectivity index (χ2n) is 5.52. The van der Waals surface area contributed by atoms with Gasteiger partial charge in [-0.05, 0) is 19.8 Å². The summed E-state index contributed by atoms with van der Waals surface area (Å²) >= 11 is 0. The highest BCUT2D eigenvalue weighted by Gasteiger charge is 2.24. The van der Waals surface area contributed by atoms with Crippen LogP contribution in [0, 0.1) is 11.8 Å². The molecular formula is C15H20N6O2. The Hall–Kier alpha value is -2.53. The van der Waals surface area contributed by atoms with Gasteiger partial charge in [-0.1, -0.05) is 5.92 Å². The fraction of sp³-hybridized carbons (Fsp3) is 0.533. The van der Waals surface area contributed by atoms with Crippen LogP contribution in [0.1, 0.15) is 19.8 Å². The first kappa shape index (κ1) is 15.4. The van der Waals surface area contributed by atoms with E-state index in [4.69, 9.17) is 10.5 Å². The van der Waals surface area contributed by atoms with Crippen LogP contribution in [0.3, 0.4) is 0 Å². The summed E-state index contributed by atoms with van der Waals surface area (Å²) in [5, 5.41) is 0. The van der Waals surface area contributed by atoms with Gasteiger partial charge >= 0.3 is 0 Å². The predicted octanol–water partition coefficient (Wildman–Crippen LogP) is 0.0790. The molecule has 1 fully saturated rings. The van der Waals surface area contributed by atoms with Gasteiger partial charge < -0.3 is 15.4 Å². The molecule has 1 atom stereocenters. The molecular weight excluding hydrogens is 296 g/mol. The summed E-state index contributed by atoms with van der Waals surface area (Å²) in [5.41, 5.74) is 6.55. The molecule has 0 saturated carbocycles. The molecule has 2 aromatic heterocycles. The summed E-state index contributed by atoms with van der Waals surface area (Å²) in [4.78, 5) is 25.9. The van der Waals surface area contributed by atoms with E-state index in [1.165, 1.54) is 7.11 Å². The molecule has 8 heteroatoms. The number of methoxy groups -OCH3 is 1. The van der Waals surface area contributed by atoms with Crippen molar-refractivity contribution in [2.24, 2.45) is 5.73 Å². The number of aromatic nitrogens is 4. The standard InChI is InChI=1S/C15H20N6O2/c1-3-4-8-21-11-12(17-14(23-2)19-13(11)22)18-15(21)20-7-5-6-10(16)9-20/h10H,5-9,16H2,1-2H3,(H,17,19,22). The molecule has 1 aliphatic rings. The fourth-order valence-corrected chi connectivity index (χ4v) is 2.85. The van der Waals surface area contributed by atoms with Crippen LogP contribution in [0.15, 0.2) is 4.79 Å². The predicted molar refractivity (Wildman–Crippen MR) is 87.6 cm³/mol. The smallest absolute Gasteiger partial charge is 0.298 e. The molecule has 0 spiro atoms. The van der Waals surface area contributed by atoms with Crippen molar-refractivity contribution in [3.63, 3.8) is 0 Å². The number of ether oxygens (including phenoxy) is 1. The number of anilines is 1. The number of fused-ring (bicyclic) bond motifs is 1. The Bertz CT molecular complexity index is 828. The summed E-state index contributed by atoms with van der Waals surface area (Å²) in [6.45, 7) is 3.70. The van der Waals surface area contributed by atoms with Crippen LogP contribution in [0.25, 0.3) is 11.2 Å². The van der Waals surface area contributed by atoms with E-state index >= 15 is 0 Å². The average molecular weight is 316 g/mol. The van der Waals surface area contributed by atoms with Gasteiger partial charge in [0.15, 0.2) is 11.2 Å². The van der Waals surface area contributed by atoms with E-state index in [-0.39, 0.29) is 17.6 Å². The van der Waals surface area contributed by atoms with Gasteiger partial charge in [0.25, 0.3) is 11.6 Å². The second-order valence-corrected chi connectivity index (χ2v) is 5.52. The molecule has 0 aliphatic carbocycles. The molecule has 0 aromatic carbocycles. The molecule has 0 radical (unpaired) electrons. The van der Waals surface area contributed by atoms with E-state index in [1.807, 2.05) is 0 Å². The van der Waals surface area contributed by atoms with E-state index in [2.05, 4.69) is 31.7 Å². The van der Waals surface area contributed by atoms with Crippen molar-refractivity contribution < 1.29 is 4.74 Å². The Balaban J connectivity index is 2.16. The number of H-pyrrole nitrogens is 1. The van der Waals surface area contributed by atoms with Gasteiger partial charge in [-0.25, -0.2) is 0 Å². The zero-order chi connectivity index (χ0) is 16.4. The van der Waals surface area contributed by atoms with Crippen molar-refractivity contribution in [2.45, 2.75) is 32.4 Å². The molecule has 3 heterocycles. The van der Waals surface area contributed by atoms with Gasteiger partial charge in [-0.15, -0.1) is 5.92 Å². The van der Waals surface area contributed by atoms with Gasteiger partial charge in [0.2, 0.25) is 5.95 Å². The third-order valence-electron chi connectivity index (χ3n) is 3.92. The number of rotatable bonds is 3. The molecule has 122 valence electrons. The summed E-state index contributed by atoms with van der Waals surface area (Å²) in [6, 6.07) is 0.255. The van der Waals surface area contributed by atoms with Gasteiger partial charge in [0.05, 0.1) is 13.7 Å². The normalized spacial score (nSPS) is 17.9. The van der Waals surface area contributed by atoms with Crippen LogP contribution in [0.4, 0.5) is 5.95 Å². The van der Waals surface area contributed by atoms with E-state index in [1.54, 1.807) is 11.5 Å². The summed E-state index contributed by atoms with van der Waals surface area (Å²) in [6.07, 6.45) is 2.00. The van der Waals surface area contributed by atoms with Crippen LogP contribution >= 0.6 is 0 Å². The van der Waals surface area contributed by atoms with Gasteiger partial charge in [0, 0.05) is 19.1 Å². The van der Waals surface area contributed by atoms with Crippen LogP contribution in [-0.4, -0.2) is 45.8 Å². The second kappa shape index (κ2) is 6.30. The number of hydrogen-bond acceptors (Lipinski definition) is 6. The van der Waals surface area contributed by atoms with E-state index in [0.29, 0.717) is 30.2 Å². The minimum absolute atomic E-state index is 0.107. The zero-order valence-electron chi connectivity index (χ0n) is 13.3. The third kappa shape index (κ3) is 2.87. The molecule has 3 rings (SSSR count). The summed E-state index contributed by atoms with van der Waals surface area (Å²) in [7, 11) is 1.45. The molecule has 1 saturated heterocycles. The van der Waals surface area contributed by atoms with Crippen LogP contribution < -0.4 is 20.9 Å². The maximum Gasteiger partial charge on any atom is 0.298 e. The van der Waals surface area contributed by atoms with Gasteiger partial charge in [-0.2, -0.15) is 9.97 Å². The Morgan fingerprint density at radius 3 is 3.00 bits per heavy atom. The highest BCUT2D eigenvalue weighted by atomic mass is 16.5. The molecule has 0 amide bonds. The van der Waals surface area contributed by atoms with Crippen molar-refractivity contribution in [3.05, 3.63) is 10.4 Å². The molecule has 0 bridgehead atoms. The molecule has 8 nitrogen and oxygen atoms in total. The highest BCUT2D eigenvalue weighted by Crippen LogP contribution is 2.23. The Kier molecular flexibility index (Phi) is 4.21. The maximum absolute atomic E-state index is 12.4. The Labute approximate surface area is 133 Å². The lowest BCUT2D eigenvalue weighted by atomic mass is 10.1. The number of piperidine rings is 1. The van der Waals surface area contributed by atoms with Crippen molar-refractivity contribution in [1.82, 2.24) is 19.5 Å². The lowest BCUT2D eigenvalue weighted by molar-refractivity contribution is 0.380. The number of nitrogens with zero attached hydrogens (tertiary/aromatic N) is 4. The first-order valence-electron chi connectivity index (χ1n) is 7.58. The average Bonchev–Trinajstić information content (AvgIpc) is 2.91. The molecule has 23 heavy (non-hydrogen) atoms. The van der Waals surface area contributed by atoms with E-state index < -0.39 is 0 Å². The third-order valence-corrected chi connectivity index (χ3v) is 3.92. The Morgan fingerprint density at radius 1 is 1.48 bits per heavy atom. The lowest BCUT2D eigenvalue weighted by Gasteiger charge is -2.31. The SMILES string of the molecule is CC#CCn1c(N2CCCC(N)C2)nc2nc(OC)[nH]c(=O)c21. The Morgan fingerprint density at radius 2 is 2.30 bits per heavy atom. The van der Waals surface area contributed by atoms with Crippen molar-refractivity contribution >= 4 is 17.1 Å². The quantitative estimate of drug-likeness (QED) is 0.778. The number of hydrogen-bond donors (Lipinski definition) is 2. The van der Waals surface area contributed by atoms with Gasteiger partial charge in [0.1, 0.15) is 0 Å². The van der Waals surface area contributed by atoms with Crippen LogP contribution in [-0.2, 0) is 6.54 Å². The minimum atomic E-state index is -0.287. The maximum atomic E-state index is 12.4. The first-order chi connectivity index (χ1) is 11.1. The number of imidazole rings is 1. The lowest BCUT2D eigenvalue weighted by Crippen LogP contribution is -2.44. The van der Waals surface area contributed by atoms with Crippen molar-refractivity contribution in [2.75, 3.05) is 25.1 Å². The van der Waals surface area contributed by atoms with Crippen LogP contribution in [0.5, 0.6) is 6.01 Å². The minimum Gasteiger partial charge on any atom is -0.468 e. The molecule has 3 N–H and O–H groups in total. The summed E-state index contributed by atoms with van der Waals surface area (Å²) < 4.78 is 6.82. The number of aromatic amines is 1. The molecule has 2 aromatic rings. The van der Waals surface area contributed by atoms with E-state index in [9.17, 15) is 4.79 Å². The van der Waals surface area contributed by atoms with Crippen molar-refractivity contribution in [3.8, 4) is 17.9 Å². The number of nitrogens with two attached hydrogens (primary N) is 1. The van der Waals surface area contributed by atoms with Gasteiger partial charge in [-0.3, -0.25) is 14.3 Å². The highest BCUT2D eigenvalue weighted by molar-refractivity contribution is 5.74. The number of nitrogens with one attached hydrogen (secondary N) is 1. The summed E-state index contributed by atoms with van der Waals surface area (Å²) in [5.74, 6) is 6.53. The van der Waals surface area contributed by atoms with E-state index in [0.717, 1.165) is 19.4 Å². The zero-order valence-corrected chi connectivity index (χ0v) is 13.3. The van der Waals surface area contributed by atoms with Crippen LogP contribution in [0.2, 0.25) is 0 Å². The largest absolute Gasteiger partial charge is 0.468 e.